The molecule has 0 aliphatic rings. The van der Waals surface area contributed by atoms with Crippen LogP contribution in [-0.4, -0.2) is 30.7 Å². The maximum Gasteiger partial charge on any atom is 0.183 e. The zero-order chi connectivity index (χ0) is 11.1. The molecule has 0 fully saturated rings. The first-order valence-corrected chi connectivity index (χ1v) is 5.20. The second-order valence-corrected chi connectivity index (χ2v) is 3.18. The Hall–Kier alpha value is -0.840. The van der Waals surface area contributed by atoms with Gasteiger partial charge in [0.15, 0.2) is 6.29 Å². The van der Waals surface area contributed by atoms with Crippen molar-refractivity contribution in [2.45, 2.75) is 32.7 Å². The first-order chi connectivity index (χ1) is 7.27. The molecule has 0 saturated carbocycles. The Morgan fingerprint density at radius 3 is 2.47 bits per heavy atom. The van der Waals surface area contributed by atoms with E-state index in [1.807, 2.05) is 19.9 Å². The third-order valence-corrected chi connectivity index (χ3v) is 2.00. The molecule has 1 unspecified atom stereocenters. The Labute approximate surface area is 89.8 Å². The number of furan rings is 1. The molecule has 0 aliphatic heterocycles. The molecule has 4 heteroatoms. The summed E-state index contributed by atoms with van der Waals surface area (Å²) in [6, 6.07) is 1.82. The molecule has 0 bridgehead atoms. The van der Waals surface area contributed by atoms with Gasteiger partial charge in [0.25, 0.3) is 0 Å². The summed E-state index contributed by atoms with van der Waals surface area (Å²) in [5.74, 6) is 0. The van der Waals surface area contributed by atoms with Crippen LogP contribution in [0.5, 0.6) is 0 Å². The average Bonchev–Trinajstić information content (AvgIpc) is 2.70. The van der Waals surface area contributed by atoms with Gasteiger partial charge >= 0.3 is 0 Å². The molecule has 0 amide bonds. The lowest BCUT2D eigenvalue weighted by Crippen LogP contribution is -2.33. The summed E-state index contributed by atoms with van der Waals surface area (Å²) in [6.45, 7) is 4.79. The first kappa shape index (κ1) is 12.2. The van der Waals surface area contributed by atoms with Gasteiger partial charge in [-0.05, 0) is 25.5 Å². The first-order valence-electron chi connectivity index (χ1n) is 5.20. The molecule has 1 aromatic heterocycles. The standard InChI is InChI=1S/C11H18O4/c1-3-14-11(15-4-2)10(12)7-9-5-6-13-8-9/h5-6,8,10-12H,3-4,7H2,1-2H3. The van der Waals surface area contributed by atoms with E-state index >= 15 is 0 Å². The monoisotopic (exact) mass is 214 g/mol. The van der Waals surface area contributed by atoms with Gasteiger partial charge < -0.3 is 19.0 Å². The van der Waals surface area contributed by atoms with Gasteiger partial charge in [-0.1, -0.05) is 0 Å². The molecule has 0 spiro atoms. The Balaban J connectivity index is 2.44. The Morgan fingerprint density at radius 1 is 1.33 bits per heavy atom. The van der Waals surface area contributed by atoms with Crippen molar-refractivity contribution < 1.29 is 19.0 Å². The minimum absolute atomic E-state index is 0.473. The van der Waals surface area contributed by atoms with Crippen LogP contribution in [0.2, 0.25) is 0 Å². The molecule has 0 aliphatic carbocycles. The van der Waals surface area contributed by atoms with Crippen molar-refractivity contribution in [2.75, 3.05) is 13.2 Å². The van der Waals surface area contributed by atoms with E-state index in [1.54, 1.807) is 12.5 Å². The van der Waals surface area contributed by atoms with E-state index < -0.39 is 12.4 Å². The van der Waals surface area contributed by atoms with Crippen LogP contribution in [0.25, 0.3) is 0 Å². The maximum absolute atomic E-state index is 9.85. The molecule has 0 saturated heterocycles. The predicted molar refractivity (Wildman–Crippen MR) is 55.5 cm³/mol. The van der Waals surface area contributed by atoms with Crippen LogP contribution >= 0.6 is 0 Å². The molecule has 4 nitrogen and oxygen atoms in total. The minimum Gasteiger partial charge on any atom is -0.472 e. The average molecular weight is 214 g/mol. The van der Waals surface area contributed by atoms with Gasteiger partial charge in [0.2, 0.25) is 0 Å². The van der Waals surface area contributed by atoms with Crippen molar-refractivity contribution in [3.8, 4) is 0 Å². The lowest BCUT2D eigenvalue weighted by molar-refractivity contribution is -0.188. The summed E-state index contributed by atoms with van der Waals surface area (Å²) < 4.78 is 15.5. The van der Waals surface area contributed by atoms with Crippen molar-refractivity contribution in [3.05, 3.63) is 24.2 Å². The fourth-order valence-electron chi connectivity index (χ4n) is 1.35. The third kappa shape index (κ3) is 4.03. The Bertz CT molecular complexity index is 239. The molecule has 1 heterocycles. The van der Waals surface area contributed by atoms with Crippen molar-refractivity contribution >= 4 is 0 Å². The molecule has 1 atom stereocenters. The van der Waals surface area contributed by atoms with E-state index in [2.05, 4.69) is 0 Å². The summed E-state index contributed by atoms with van der Waals surface area (Å²) in [5.41, 5.74) is 0.937. The fraction of sp³-hybridized carbons (Fsp3) is 0.636. The van der Waals surface area contributed by atoms with Crippen LogP contribution in [0.4, 0.5) is 0 Å². The van der Waals surface area contributed by atoms with Crippen LogP contribution in [0.3, 0.4) is 0 Å². The smallest absolute Gasteiger partial charge is 0.183 e. The number of ether oxygens (including phenoxy) is 2. The summed E-state index contributed by atoms with van der Waals surface area (Å²) in [4.78, 5) is 0. The van der Waals surface area contributed by atoms with Crippen LogP contribution in [0.1, 0.15) is 19.4 Å². The lowest BCUT2D eigenvalue weighted by atomic mass is 10.1. The Kier molecular flexibility index (Phi) is 5.39. The van der Waals surface area contributed by atoms with E-state index in [-0.39, 0.29) is 0 Å². The number of hydrogen-bond donors (Lipinski definition) is 1. The van der Waals surface area contributed by atoms with E-state index in [1.165, 1.54) is 0 Å². The summed E-state index contributed by atoms with van der Waals surface area (Å²) in [7, 11) is 0. The second kappa shape index (κ2) is 6.61. The normalized spacial score (nSPS) is 13.3. The van der Waals surface area contributed by atoms with Gasteiger partial charge in [-0.25, -0.2) is 0 Å². The molecule has 1 N–H and O–H groups in total. The van der Waals surface area contributed by atoms with Crippen molar-refractivity contribution in [2.24, 2.45) is 0 Å². The summed E-state index contributed by atoms with van der Waals surface area (Å²) in [6.07, 6.45) is 2.44. The minimum atomic E-state index is -0.664. The maximum atomic E-state index is 9.85. The number of aliphatic hydroxyl groups excluding tert-OH is 1. The van der Waals surface area contributed by atoms with Crippen LogP contribution in [-0.2, 0) is 15.9 Å². The van der Waals surface area contributed by atoms with Gasteiger partial charge in [-0.2, -0.15) is 0 Å². The zero-order valence-electron chi connectivity index (χ0n) is 9.18. The van der Waals surface area contributed by atoms with E-state index in [0.717, 1.165) is 5.56 Å². The van der Waals surface area contributed by atoms with Gasteiger partial charge in [-0.3, -0.25) is 0 Å². The molecule has 15 heavy (non-hydrogen) atoms. The van der Waals surface area contributed by atoms with Gasteiger partial charge in [0.1, 0.15) is 6.10 Å². The predicted octanol–water partition coefficient (Wildman–Crippen LogP) is 1.58. The van der Waals surface area contributed by atoms with Gasteiger partial charge in [-0.15, -0.1) is 0 Å². The highest BCUT2D eigenvalue weighted by molar-refractivity contribution is 5.06. The summed E-state index contributed by atoms with van der Waals surface area (Å²) >= 11 is 0. The molecule has 1 aromatic rings. The highest BCUT2D eigenvalue weighted by atomic mass is 16.7. The second-order valence-electron chi connectivity index (χ2n) is 3.18. The van der Waals surface area contributed by atoms with Crippen LogP contribution in [0, 0.1) is 0 Å². The van der Waals surface area contributed by atoms with E-state index in [9.17, 15) is 5.11 Å². The van der Waals surface area contributed by atoms with E-state index in [4.69, 9.17) is 13.9 Å². The van der Waals surface area contributed by atoms with Crippen molar-refractivity contribution in [1.82, 2.24) is 0 Å². The van der Waals surface area contributed by atoms with Crippen LogP contribution < -0.4 is 0 Å². The zero-order valence-corrected chi connectivity index (χ0v) is 9.18. The highest BCUT2D eigenvalue weighted by Crippen LogP contribution is 2.10. The topological polar surface area (TPSA) is 51.8 Å². The quantitative estimate of drug-likeness (QED) is 0.700. The highest BCUT2D eigenvalue weighted by Gasteiger charge is 2.20. The van der Waals surface area contributed by atoms with Gasteiger partial charge in [0.05, 0.1) is 12.5 Å². The molecular formula is C11H18O4. The Morgan fingerprint density at radius 2 is 2.00 bits per heavy atom. The molecule has 0 aromatic carbocycles. The molecule has 1 rings (SSSR count). The third-order valence-electron chi connectivity index (χ3n) is 2.00. The van der Waals surface area contributed by atoms with Crippen LogP contribution in [0.15, 0.2) is 23.0 Å². The number of rotatable bonds is 7. The van der Waals surface area contributed by atoms with Crippen molar-refractivity contribution in [1.29, 1.82) is 0 Å². The SMILES string of the molecule is CCOC(OCC)C(O)Cc1ccoc1. The fourth-order valence-corrected chi connectivity index (χ4v) is 1.35. The molecule has 86 valence electrons. The number of hydrogen-bond acceptors (Lipinski definition) is 4. The number of aliphatic hydroxyl groups is 1. The lowest BCUT2D eigenvalue weighted by Gasteiger charge is -2.21. The molecule has 0 radical (unpaired) electrons. The largest absolute Gasteiger partial charge is 0.472 e. The summed E-state index contributed by atoms with van der Waals surface area (Å²) in [5, 5.41) is 9.85. The van der Waals surface area contributed by atoms with Crippen molar-refractivity contribution in [3.63, 3.8) is 0 Å². The van der Waals surface area contributed by atoms with E-state index in [0.29, 0.717) is 19.6 Å². The van der Waals surface area contributed by atoms with Gasteiger partial charge in [0, 0.05) is 19.6 Å². The molecular weight excluding hydrogens is 196 g/mol.